The molecule has 0 saturated carbocycles. The Kier molecular flexibility index (Phi) is 3.38. The SMILES string of the molecule is C=C(C)P(=O)(CC)C(C)C. The van der Waals surface area contributed by atoms with E-state index in [4.69, 9.17) is 0 Å². The van der Waals surface area contributed by atoms with E-state index in [2.05, 4.69) is 6.58 Å². The zero-order chi connectivity index (χ0) is 8.36. The summed E-state index contributed by atoms with van der Waals surface area (Å²) in [4.78, 5) is 0. The predicted octanol–water partition coefficient (Wildman–Crippen LogP) is 3.31. The van der Waals surface area contributed by atoms with E-state index in [1.165, 1.54) is 0 Å². The van der Waals surface area contributed by atoms with Crippen LogP contribution in [0.15, 0.2) is 11.9 Å². The van der Waals surface area contributed by atoms with Crippen LogP contribution in [0.4, 0.5) is 0 Å². The third-order valence-electron chi connectivity index (χ3n) is 1.95. The van der Waals surface area contributed by atoms with Crippen molar-refractivity contribution in [2.75, 3.05) is 6.16 Å². The molecule has 0 bridgehead atoms. The van der Waals surface area contributed by atoms with Crippen molar-refractivity contribution in [2.45, 2.75) is 33.4 Å². The summed E-state index contributed by atoms with van der Waals surface area (Å²) in [5.41, 5.74) is 0.259. The summed E-state index contributed by atoms with van der Waals surface area (Å²) in [5.74, 6) is 0. The van der Waals surface area contributed by atoms with Gasteiger partial charge in [0.05, 0.1) is 0 Å². The number of hydrogen-bond donors (Lipinski definition) is 0. The van der Waals surface area contributed by atoms with Crippen LogP contribution < -0.4 is 0 Å². The van der Waals surface area contributed by atoms with Gasteiger partial charge in [-0.05, 0) is 12.2 Å². The van der Waals surface area contributed by atoms with Gasteiger partial charge < -0.3 is 4.57 Å². The summed E-state index contributed by atoms with van der Waals surface area (Å²) >= 11 is 0. The molecule has 0 heterocycles. The number of rotatable bonds is 3. The van der Waals surface area contributed by atoms with E-state index in [1.54, 1.807) is 0 Å². The molecule has 0 aliphatic rings. The third-order valence-corrected chi connectivity index (χ3v) is 5.85. The average Bonchev–Trinajstić information content (AvgIpc) is 1.85. The van der Waals surface area contributed by atoms with Crippen LogP contribution in [0.25, 0.3) is 0 Å². The summed E-state index contributed by atoms with van der Waals surface area (Å²) < 4.78 is 11.9. The van der Waals surface area contributed by atoms with Gasteiger partial charge in [-0.25, -0.2) is 0 Å². The van der Waals surface area contributed by atoms with Crippen molar-refractivity contribution in [3.8, 4) is 0 Å². The molecule has 0 aromatic heterocycles. The lowest BCUT2D eigenvalue weighted by Gasteiger charge is -2.19. The molecule has 1 unspecified atom stereocenters. The highest BCUT2D eigenvalue weighted by Gasteiger charge is 2.24. The molecule has 0 radical (unpaired) electrons. The second-order valence-electron chi connectivity index (χ2n) is 2.94. The minimum Gasteiger partial charge on any atom is -0.319 e. The van der Waals surface area contributed by atoms with Crippen LogP contribution >= 0.6 is 7.14 Å². The first kappa shape index (κ1) is 9.97. The minimum atomic E-state index is -2.04. The molecule has 1 atom stereocenters. The fourth-order valence-electron chi connectivity index (χ4n) is 1.08. The monoisotopic (exact) mass is 160 g/mol. The molecule has 2 heteroatoms. The molecular weight excluding hydrogens is 143 g/mol. The Hall–Kier alpha value is -0.0300. The van der Waals surface area contributed by atoms with Gasteiger partial charge in [-0.3, -0.25) is 0 Å². The van der Waals surface area contributed by atoms with Crippen LogP contribution in [0, 0.1) is 0 Å². The zero-order valence-electron chi connectivity index (χ0n) is 7.35. The first-order chi connectivity index (χ1) is 4.45. The first-order valence-corrected chi connectivity index (χ1v) is 5.66. The van der Waals surface area contributed by atoms with Gasteiger partial charge in [-0.2, -0.15) is 0 Å². The fraction of sp³-hybridized carbons (Fsp3) is 0.750. The highest BCUT2D eigenvalue weighted by molar-refractivity contribution is 7.68. The highest BCUT2D eigenvalue weighted by Crippen LogP contribution is 2.56. The predicted molar refractivity (Wildman–Crippen MR) is 48.1 cm³/mol. The smallest absolute Gasteiger partial charge is 0.113 e. The maximum atomic E-state index is 11.9. The first-order valence-electron chi connectivity index (χ1n) is 3.70. The van der Waals surface area contributed by atoms with Crippen molar-refractivity contribution < 1.29 is 4.57 Å². The van der Waals surface area contributed by atoms with Gasteiger partial charge in [-0.15, -0.1) is 0 Å². The molecule has 0 aliphatic heterocycles. The summed E-state index contributed by atoms with van der Waals surface area (Å²) in [6, 6.07) is 0. The summed E-state index contributed by atoms with van der Waals surface area (Å²) in [7, 11) is -2.04. The van der Waals surface area contributed by atoms with E-state index in [-0.39, 0.29) is 5.66 Å². The molecule has 0 aliphatic carbocycles. The van der Waals surface area contributed by atoms with Crippen molar-refractivity contribution in [2.24, 2.45) is 0 Å². The maximum Gasteiger partial charge on any atom is 0.113 e. The van der Waals surface area contributed by atoms with E-state index >= 15 is 0 Å². The van der Waals surface area contributed by atoms with Gasteiger partial charge >= 0.3 is 0 Å². The number of hydrogen-bond acceptors (Lipinski definition) is 1. The van der Waals surface area contributed by atoms with Gasteiger partial charge in [0.1, 0.15) is 7.14 Å². The Labute approximate surface area is 63.9 Å². The summed E-state index contributed by atoms with van der Waals surface area (Å²) in [5, 5.41) is 0.866. The van der Waals surface area contributed by atoms with Crippen LogP contribution in [-0.4, -0.2) is 11.8 Å². The standard InChI is InChI=1S/C8H17OP/c1-6-10(9,7(2)3)8(4)5/h8H,2,6H2,1,3-5H3. The van der Waals surface area contributed by atoms with Crippen LogP contribution in [-0.2, 0) is 4.57 Å². The molecule has 0 aromatic carbocycles. The molecule has 0 spiro atoms. The van der Waals surface area contributed by atoms with Gasteiger partial charge in [0, 0.05) is 11.8 Å². The molecule has 0 saturated heterocycles. The molecule has 1 nitrogen and oxygen atoms in total. The molecule has 0 fully saturated rings. The van der Waals surface area contributed by atoms with Gasteiger partial charge in [0.15, 0.2) is 0 Å². The van der Waals surface area contributed by atoms with E-state index in [0.29, 0.717) is 0 Å². The lowest BCUT2D eigenvalue weighted by molar-refractivity contribution is 0.573. The van der Waals surface area contributed by atoms with Gasteiger partial charge in [0.2, 0.25) is 0 Å². The third kappa shape index (κ3) is 1.73. The Balaban J connectivity index is 4.57. The highest BCUT2D eigenvalue weighted by atomic mass is 31.2. The van der Waals surface area contributed by atoms with Crippen molar-refractivity contribution in [1.29, 1.82) is 0 Å². The Morgan fingerprint density at radius 2 is 2.00 bits per heavy atom. The molecule has 10 heavy (non-hydrogen) atoms. The van der Waals surface area contributed by atoms with Crippen molar-refractivity contribution in [3.05, 3.63) is 11.9 Å². The quantitative estimate of drug-likeness (QED) is 0.579. The lowest BCUT2D eigenvalue weighted by Crippen LogP contribution is -2.00. The topological polar surface area (TPSA) is 17.1 Å². The maximum absolute atomic E-state index is 11.9. The van der Waals surface area contributed by atoms with Crippen LogP contribution in [0.2, 0.25) is 0 Å². The molecular formula is C8H17OP. The average molecular weight is 160 g/mol. The van der Waals surface area contributed by atoms with E-state index in [9.17, 15) is 4.57 Å². The van der Waals surface area contributed by atoms with Crippen LogP contribution in [0.1, 0.15) is 27.7 Å². The molecule has 0 amide bonds. The molecule has 0 N–H and O–H groups in total. The van der Waals surface area contributed by atoms with E-state index < -0.39 is 7.14 Å². The van der Waals surface area contributed by atoms with E-state index in [1.807, 2.05) is 27.7 Å². The lowest BCUT2D eigenvalue weighted by atomic mass is 10.6. The van der Waals surface area contributed by atoms with Crippen molar-refractivity contribution in [3.63, 3.8) is 0 Å². The van der Waals surface area contributed by atoms with Gasteiger partial charge in [0.25, 0.3) is 0 Å². The molecule has 0 aromatic rings. The summed E-state index contributed by atoms with van der Waals surface area (Å²) in [6.45, 7) is 11.6. The Bertz CT molecular complexity index is 170. The van der Waals surface area contributed by atoms with E-state index in [0.717, 1.165) is 11.5 Å². The van der Waals surface area contributed by atoms with Crippen molar-refractivity contribution in [1.82, 2.24) is 0 Å². The molecule has 0 rings (SSSR count). The fourth-order valence-corrected chi connectivity index (χ4v) is 3.23. The van der Waals surface area contributed by atoms with Gasteiger partial charge in [-0.1, -0.05) is 27.4 Å². The van der Waals surface area contributed by atoms with Crippen LogP contribution in [0.5, 0.6) is 0 Å². The normalized spacial score (nSPS) is 16.9. The largest absolute Gasteiger partial charge is 0.319 e. The minimum absolute atomic E-state index is 0.259. The Morgan fingerprint density at radius 3 is 2.00 bits per heavy atom. The second-order valence-corrected chi connectivity index (χ2v) is 6.96. The summed E-state index contributed by atoms with van der Waals surface area (Å²) in [6.07, 6.45) is 0.750. The van der Waals surface area contributed by atoms with Crippen molar-refractivity contribution >= 4 is 7.14 Å². The Morgan fingerprint density at radius 1 is 1.60 bits per heavy atom. The van der Waals surface area contributed by atoms with Crippen LogP contribution in [0.3, 0.4) is 0 Å². The molecule has 60 valence electrons. The second kappa shape index (κ2) is 3.39. The number of allylic oxidation sites excluding steroid dienone is 1. The zero-order valence-corrected chi connectivity index (χ0v) is 8.24.